The molecule has 0 aliphatic rings. The fourth-order valence-corrected chi connectivity index (χ4v) is 6.35. The number of furan rings is 1. The second-order valence-electron chi connectivity index (χ2n) is 11.7. The molecule has 0 bridgehead atoms. The van der Waals surface area contributed by atoms with E-state index in [9.17, 15) is 0 Å². The lowest BCUT2D eigenvalue weighted by molar-refractivity contribution is 0.669. The summed E-state index contributed by atoms with van der Waals surface area (Å²) in [6.45, 7) is 0. The van der Waals surface area contributed by atoms with Crippen LogP contribution >= 0.6 is 0 Å². The Morgan fingerprint density at radius 2 is 0.894 bits per heavy atom. The summed E-state index contributed by atoms with van der Waals surface area (Å²) >= 11 is 0. The molecule has 9 rings (SSSR count). The maximum absolute atomic E-state index is 6.38. The Morgan fingerprint density at radius 3 is 1.62 bits per heavy atom. The molecule has 9 aromatic rings. The summed E-state index contributed by atoms with van der Waals surface area (Å²) in [6.07, 6.45) is 0. The van der Waals surface area contributed by atoms with Gasteiger partial charge in [0.15, 0.2) is 17.5 Å². The van der Waals surface area contributed by atoms with Crippen molar-refractivity contribution < 1.29 is 4.42 Å². The molecule has 0 N–H and O–H groups in total. The third kappa shape index (κ3) is 4.93. The van der Waals surface area contributed by atoms with Gasteiger partial charge in [-0.25, -0.2) is 15.0 Å². The summed E-state index contributed by atoms with van der Waals surface area (Å²) in [5.74, 6) is 1.90. The third-order valence-electron chi connectivity index (χ3n) is 8.75. The fourth-order valence-electron chi connectivity index (χ4n) is 6.35. The first kappa shape index (κ1) is 27.0. The molecule has 0 saturated carbocycles. The molecule has 0 spiro atoms. The summed E-state index contributed by atoms with van der Waals surface area (Å²) in [7, 11) is 0. The van der Waals surface area contributed by atoms with Crippen molar-refractivity contribution in [3.8, 4) is 56.4 Å². The van der Waals surface area contributed by atoms with Crippen LogP contribution in [0.15, 0.2) is 168 Å². The maximum Gasteiger partial charge on any atom is 0.164 e. The van der Waals surface area contributed by atoms with Gasteiger partial charge in [-0.1, -0.05) is 133 Å². The average molecular weight is 602 g/mol. The lowest BCUT2D eigenvalue weighted by Gasteiger charge is -2.08. The molecular formula is C43H27N3O. The molecular weight excluding hydrogens is 574 g/mol. The van der Waals surface area contributed by atoms with Crippen molar-refractivity contribution in [1.82, 2.24) is 15.0 Å². The summed E-state index contributed by atoms with van der Waals surface area (Å²) < 4.78 is 6.38. The molecule has 0 radical (unpaired) electrons. The van der Waals surface area contributed by atoms with Crippen molar-refractivity contribution in [3.05, 3.63) is 164 Å². The van der Waals surface area contributed by atoms with Crippen LogP contribution < -0.4 is 0 Å². The average Bonchev–Trinajstić information content (AvgIpc) is 3.52. The fraction of sp³-hybridized carbons (Fsp3) is 0. The molecule has 220 valence electrons. The van der Waals surface area contributed by atoms with Gasteiger partial charge in [0.25, 0.3) is 0 Å². The molecule has 4 nitrogen and oxygen atoms in total. The minimum absolute atomic E-state index is 0.622. The first-order chi connectivity index (χ1) is 23.3. The van der Waals surface area contributed by atoms with E-state index in [1.165, 1.54) is 21.9 Å². The Labute approximate surface area is 271 Å². The number of hydrogen-bond donors (Lipinski definition) is 0. The van der Waals surface area contributed by atoms with E-state index in [2.05, 4.69) is 91.0 Å². The van der Waals surface area contributed by atoms with E-state index in [4.69, 9.17) is 19.4 Å². The minimum atomic E-state index is 0.622. The molecule has 2 aromatic heterocycles. The highest BCUT2D eigenvalue weighted by molar-refractivity contribution is 6.07. The molecule has 0 aliphatic carbocycles. The van der Waals surface area contributed by atoms with Gasteiger partial charge in [0.2, 0.25) is 0 Å². The van der Waals surface area contributed by atoms with Crippen LogP contribution in [-0.2, 0) is 0 Å². The van der Waals surface area contributed by atoms with Crippen molar-refractivity contribution >= 4 is 32.7 Å². The van der Waals surface area contributed by atoms with E-state index in [0.717, 1.165) is 49.8 Å². The summed E-state index contributed by atoms with van der Waals surface area (Å²) in [4.78, 5) is 14.7. The van der Waals surface area contributed by atoms with Gasteiger partial charge < -0.3 is 4.42 Å². The van der Waals surface area contributed by atoms with Crippen molar-refractivity contribution in [3.63, 3.8) is 0 Å². The molecule has 0 fully saturated rings. The predicted octanol–water partition coefficient (Wildman–Crippen LogP) is 11.3. The normalized spacial score (nSPS) is 11.4. The van der Waals surface area contributed by atoms with E-state index in [1.807, 2.05) is 72.8 Å². The Balaban J connectivity index is 1.09. The lowest BCUT2D eigenvalue weighted by atomic mass is 9.96. The molecule has 7 aromatic carbocycles. The van der Waals surface area contributed by atoms with E-state index >= 15 is 0 Å². The van der Waals surface area contributed by atoms with E-state index < -0.39 is 0 Å². The van der Waals surface area contributed by atoms with Crippen molar-refractivity contribution in [2.75, 3.05) is 0 Å². The van der Waals surface area contributed by atoms with E-state index in [1.54, 1.807) is 0 Å². The molecule has 4 heteroatoms. The highest BCUT2D eigenvalue weighted by atomic mass is 16.3. The van der Waals surface area contributed by atoms with Gasteiger partial charge in [-0.15, -0.1) is 0 Å². The highest BCUT2D eigenvalue weighted by Gasteiger charge is 2.15. The maximum atomic E-state index is 6.38. The van der Waals surface area contributed by atoms with Crippen LogP contribution in [-0.4, -0.2) is 15.0 Å². The summed E-state index contributed by atoms with van der Waals surface area (Å²) in [6, 6.07) is 56.5. The number of benzene rings is 7. The van der Waals surface area contributed by atoms with Crippen molar-refractivity contribution in [1.29, 1.82) is 0 Å². The van der Waals surface area contributed by atoms with Crippen LogP contribution in [0.4, 0.5) is 0 Å². The van der Waals surface area contributed by atoms with Gasteiger partial charge in [0.05, 0.1) is 0 Å². The Hall–Kier alpha value is -6.39. The third-order valence-corrected chi connectivity index (χ3v) is 8.75. The van der Waals surface area contributed by atoms with Gasteiger partial charge >= 0.3 is 0 Å². The van der Waals surface area contributed by atoms with Crippen LogP contribution in [0.2, 0.25) is 0 Å². The van der Waals surface area contributed by atoms with Crippen LogP contribution in [0, 0.1) is 0 Å². The smallest absolute Gasteiger partial charge is 0.164 e. The minimum Gasteiger partial charge on any atom is -0.456 e. The SMILES string of the molecule is c1ccc(-c2nc(-c3ccccc3)nc(-c3ccc4oc5cc(-c6ccc(-c7cccc8ccccc78)cc6)ccc5c4c3)n2)cc1. The number of hydrogen-bond acceptors (Lipinski definition) is 4. The quantitative estimate of drug-likeness (QED) is 0.197. The zero-order valence-corrected chi connectivity index (χ0v) is 25.3. The Kier molecular flexibility index (Phi) is 6.43. The number of fused-ring (bicyclic) bond motifs is 4. The summed E-state index contributed by atoms with van der Waals surface area (Å²) in [5, 5.41) is 4.59. The molecule has 0 unspecified atom stereocenters. The Morgan fingerprint density at radius 1 is 0.319 bits per heavy atom. The van der Waals surface area contributed by atoms with Crippen LogP contribution in [0.25, 0.3) is 89.1 Å². The zero-order chi connectivity index (χ0) is 31.2. The summed E-state index contributed by atoms with van der Waals surface area (Å²) in [5.41, 5.74) is 9.16. The largest absolute Gasteiger partial charge is 0.456 e. The molecule has 47 heavy (non-hydrogen) atoms. The Bertz CT molecular complexity index is 2490. The van der Waals surface area contributed by atoms with Gasteiger partial charge in [-0.3, -0.25) is 0 Å². The zero-order valence-electron chi connectivity index (χ0n) is 25.3. The van der Waals surface area contributed by atoms with Gasteiger partial charge in [0, 0.05) is 27.5 Å². The topological polar surface area (TPSA) is 51.8 Å². The predicted molar refractivity (Wildman–Crippen MR) is 192 cm³/mol. The molecule has 0 amide bonds. The van der Waals surface area contributed by atoms with E-state index in [-0.39, 0.29) is 0 Å². The van der Waals surface area contributed by atoms with Crippen LogP contribution in [0.5, 0.6) is 0 Å². The van der Waals surface area contributed by atoms with Gasteiger partial charge in [-0.2, -0.15) is 0 Å². The van der Waals surface area contributed by atoms with Crippen molar-refractivity contribution in [2.45, 2.75) is 0 Å². The molecule has 0 aliphatic heterocycles. The van der Waals surface area contributed by atoms with Crippen LogP contribution in [0.3, 0.4) is 0 Å². The molecule has 2 heterocycles. The van der Waals surface area contributed by atoms with Gasteiger partial charge in [0.1, 0.15) is 11.2 Å². The number of nitrogens with zero attached hydrogens (tertiary/aromatic N) is 3. The highest BCUT2D eigenvalue weighted by Crippen LogP contribution is 2.36. The standard InChI is InChI=1S/C43H27N3O/c1-3-11-31(12-4-1)41-44-42(32-13-5-2-6-14-32)46-43(45-41)34-23-25-39-38(26-34)37-24-22-33(27-40(37)47-39)28-18-20-30(21-19-28)36-17-9-15-29-10-7-8-16-35(29)36/h1-27H. The number of aromatic nitrogens is 3. The first-order valence-corrected chi connectivity index (χ1v) is 15.7. The number of rotatable bonds is 5. The first-order valence-electron chi connectivity index (χ1n) is 15.7. The van der Waals surface area contributed by atoms with Crippen LogP contribution in [0.1, 0.15) is 0 Å². The monoisotopic (exact) mass is 601 g/mol. The lowest BCUT2D eigenvalue weighted by Crippen LogP contribution is -2.00. The van der Waals surface area contributed by atoms with Crippen molar-refractivity contribution in [2.24, 2.45) is 0 Å². The second-order valence-corrected chi connectivity index (χ2v) is 11.7. The second kappa shape index (κ2) is 11.2. The molecule has 0 saturated heterocycles. The van der Waals surface area contributed by atoms with Gasteiger partial charge in [-0.05, 0) is 63.4 Å². The molecule has 0 atom stereocenters. The van der Waals surface area contributed by atoms with E-state index in [0.29, 0.717) is 17.5 Å².